The Morgan fingerprint density at radius 2 is 1.84 bits per heavy atom. The number of oxime groups is 1. The monoisotopic (exact) mass is 533 g/mol. The molecule has 12 nitrogen and oxygen atoms in total. The molecule has 2 fully saturated rings. The molecule has 2 aliphatic heterocycles. The second-order valence-corrected chi connectivity index (χ2v) is 11.6. The first-order valence-electron chi connectivity index (χ1n) is 11.9. The molecule has 2 aliphatic rings. The van der Waals surface area contributed by atoms with Crippen molar-refractivity contribution < 1.29 is 32.7 Å². The molecule has 2 heterocycles. The van der Waals surface area contributed by atoms with Crippen molar-refractivity contribution in [2.75, 3.05) is 32.4 Å². The smallest absolute Gasteiger partial charge is 0.327 e. The van der Waals surface area contributed by atoms with Gasteiger partial charge in [-0.3, -0.25) is 14.5 Å². The molecule has 1 aromatic carbocycles. The zero-order valence-electron chi connectivity index (χ0n) is 21.1. The van der Waals surface area contributed by atoms with Gasteiger partial charge in [-0.05, 0) is 51.0 Å². The second kappa shape index (κ2) is 11.3. The molecule has 3 amide bonds. The average molecular weight is 534 g/mol. The largest absolute Gasteiger partial charge is 0.481 e. The number of hydrogen-bond donors (Lipinski definition) is 1. The molecule has 13 heteroatoms. The molecule has 1 atom stereocenters. The lowest BCUT2D eigenvalue weighted by atomic mass is 10.0. The number of likely N-dealkylation sites (N-methyl/N-ethyl adjacent to an activating group) is 1. The van der Waals surface area contributed by atoms with Gasteiger partial charge in [0.05, 0.1) is 29.0 Å². The number of carboxylic acids is 1. The molecule has 0 bridgehead atoms. The van der Waals surface area contributed by atoms with E-state index in [9.17, 15) is 27.9 Å². The number of piperidine rings is 1. The highest BCUT2D eigenvalue weighted by Gasteiger charge is 2.48. The third-order valence-electron chi connectivity index (χ3n) is 6.78. The number of nitrogens with zero attached hydrogens (tertiary/aromatic N) is 5. The van der Waals surface area contributed by atoms with Crippen LogP contribution in [0.4, 0.5) is 4.79 Å². The van der Waals surface area contributed by atoms with Gasteiger partial charge in [-0.1, -0.05) is 5.16 Å². The van der Waals surface area contributed by atoms with E-state index in [2.05, 4.69) is 5.16 Å². The predicted octanol–water partition coefficient (Wildman–Crippen LogP) is 1.87. The van der Waals surface area contributed by atoms with Crippen LogP contribution in [0.15, 0.2) is 29.4 Å². The lowest BCUT2D eigenvalue weighted by Crippen LogP contribution is -2.42. The maximum Gasteiger partial charge on any atom is 0.327 e. The number of urea groups is 1. The van der Waals surface area contributed by atoms with E-state index in [1.54, 1.807) is 38.1 Å². The van der Waals surface area contributed by atoms with Crippen molar-refractivity contribution in [1.82, 2.24) is 14.1 Å². The number of imide groups is 1. The van der Waals surface area contributed by atoms with Crippen LogP contribution in [0.5, 0.6) is 5.75 Å². The third kappa shape index (κ3) is 6.44. The summed E-state index contributed by atoms with van der Waals surface area (Å²) in [5, 5.41) is 22.5. The number of carbonyl (C=O) groups excluding carboxylic acids is 2. The number of aliphatic carboxylic acids is 1. The van der Waals surface area contributed by atoms with Gasteiger partial charge >= 0.3 is 12.0 Å². The Hall–Kier alpha value is -3.50. The Labute approximate surface area is 216 Å². The lowest BCUT2D eigenvalue weighted by Gasteiger charge is -2.28. The highest BCUT2D eigenvalue weighted by molar-refractivity contribution is 7.89. The first-order chi connectivity index (χ1) is 17.4. The highest BCUT2D eigenvalue weighted by atomic mass is 32.2. The van der Waals surface area contributed by atoms with Gasteiger partial charge in [0.2, 0.25) is 10.0 Å². The fraction of sp³-hybridized carbons (Fsp3) is 0.542. The topological polar surface area (TPSA) is 161 Å². The van der Waals surface area contributed by atoms with Crippen LogP contribution >= 0.6 is 0 Å². The zero-order valence-corrected chi connectivity index (χ0v) is 21.9. The maximum atomic E-state index is 12.9. The van der Waals surface area contributed by atoms with Gasteiger partial charge in [-0.25, -0.2) is 17.5 Å². The summed E-state index contributed by atoms with van der Waals surface area (Å²) < 4.78 is 27.1. The molecule has 0 aromatic heterocycles. The van der Waals surface area contributed by atoms with E-state index in [-0.39, 0.29) is 38.4 Å². The number of nitriles is 1. The number of carbonyl (C=O) groups is 3. The van der Waals surface area contributed by atoms with Gasteiger partial charge in [-0.2, -0.15) is 5.26 Å². The molecule has 37 heavy (non-hydrogen) atoms. The molecule has 0 spiro atoms. The SMILES string of the molecule is CN1C(=O)N(CCCC(CS(=O)(=O)N2CCC(=NOc3ccc(C#N)cc3)CC2)C(=O)O)C(=O)C1(C)C. The van der Waals surface area contributed by atoms with E-state index in [0.29, 0.717) is 29.9 Å². The van der Waals surface area contributed by atoms with Crippen molar-refractivity contribution in [1.29, 1.82) is 5.26 Å². The van der Waals surface area contributed by atoms with E-state index < -0.39 is 39.2 Å². The first-order valence-corrected chi connectivity index (χ1v) is 13.5. The van der Waals surface area contributed by atoms with Crippen LogP contribution in [-0.4, -0.2) is 89.2 Å². The molecule has 3 rings (SSSR count). The van der Waals surface area contributed by atoms with Gasteiger partial charge in [0.15, 0.2) is 5.75 Å². The maximum absolute atomic E-state index is 12.9. The van der Waals surface area contributed by atoms with Crippen LogP contribution in [0.25, 0.3) is 0 Å². The van der Waals surface area contributed by atoms with Crippen LogP contribution < -0.4 is 4.84 Å². The molecule has 200 valence electrons. The number of rotatable bonds is 10. The van der Waals surface area contributed by atoms with E-state index in [4.69, 9.17) is 10.1 Å². The highest BCUT2D eigenvalue weighted by Crippen LogP contribution is 2.26. The first kappa shape index (κ1) is 28.1. The fourth-order valence-electron chi connectivity index (χ4n) is 4.13. The minimum atomic E-state index is -3.85. The molecular weight excluding hydrogens is 502 g/mol. The Balaban J connectivity index is 1.51. The number of amides is 3. The summed E-state index contributed by atoms with van der Waals surface area (Å²) in [7, 11) is -2.33. The summed E-state index contributed by atoms with van der Waals surface area (Å²) in [5.41, 5.74) is 0.196. The quantitative estimate of drug-likeness (QED) is 0.352. The minimum Gasteiger partial charge on any atom is -0.481 e. The number of benzene rings is 1. The van der Waals surface area contributed by atoms with Gasteiger partial charge in [0.1, 0.15) is 5.54 Å². The van der Waals surface area contributed by atoms with Crippen LogP contribution in [-0.2, 0) is 19.6 Å². The van der Waals surface area contributed by atoms with E-state index in [0.717, 1.165) is 4.90 Å². The third-order valence-corrected chi connectivity index (χ3v) is 8.75. The van der Waals surface area contributed by atoms with Crippen LogP contribution in [0.1, 0.15) is 45.1 Å². The van der Waals surface area contributed by atoms with E-state index in [1.165, 1.54) is 16.3 Å². The van der Waals surface area contributed by atoms with Gasteiger partial charge in [0.25, 0.3) is 5.91 Å². The second-order valence-electron chi connectivity index (χ2n) is 9.60. The molecule has 0 radical (unpaired) electrons. The molecule has 0 saturated carbocycles. The predicted molar refractivity (Wildman–Crippen MR) is 133 cm³/mol. The normalized spacial score (nSPS) is 19.0. The number of carboxylic acid groups (broad SMARTS) is 1. The minimum absolute atomic E-state index is 0.00868. The van der Waals surface area contributed by atoms with E-state index >= 15 is 0 Å². The number of sulfonamides is 1. The van der Waals surface area contributed by atoms with Crippen molar-refractivity contribution in [3.8, 4) is 11.8 Å². The molecule has 1 unspecified atom stereocenters. The van der Waals surface area contributed by atoms with Crippen molar-refractivity contribution in [3.05, 3.63) is 29.8 Å². The van der Waals surface area contributed by atoms with Gasteiger partial charge < -0.3 is 14.8 Å². The molecule has 2 saturated heterocycles. The standard InChI is InChI=1S/C24H31N5O7S/c1-24(2)22(32)29(23(33)27(24)3)12-4-5-18(21(30)31)16-37(34,35)28-13-10-19(11-14-28)26-36-20-8-6-17(15-25)7-9-20/h6-9,18H,4-5,10-14,16H2,1-3H3,(H,30,31). The Morgan fingerprint density at radius 1 is 1.22 bits per heavy atom. The lowest BCUT2D eigenvalue weighted by molar-refractivity contribution is -0.141. The Bertz CT molecular complexity index is 1210. The van der Waals surface area contributed by atoms with Crippen LogP contribution in [0.3, 0.4) is 0 Å². The average Bonchev–Trinajstić information content (AvgIpc) is 3.01. The van der Waals surface area contributed by atoms with E-state index in [1.807, 2.05) is 6.07 Å². The summed E-state index contributed by atoms with van der Waals surface area (Å²) in [5.74, 6) is -2.88. The molecule has 0 aliphatic carbocycles. The van der Waals surface area contributed by atoms with Crippen molar-refractivity contribution in [2.24, 2.45) is 11.1 Å². The summed E-state index contributed by atoms with van der Waals surface area (Å²) in [4.78, 5) is 44.4. The molecule has 1 aromatic rings. The molecular formula is C24H31N5O7S. The van der Waals surface area contributed by atoms with Crippen molar-refractivity contribution in [2.45, 2.75) is 45.1 Å². The zero-order chi connectivity index (χ0) is 27.4. The summed E-state index contributed by atoms with van der Waals surface area (Å²) >= 11 is 0. The summed E-state index contributed by atoms with van der Waals surface area (Å²) in [6, 6.07) is 7.98. The molecule has 1 N–H and O–H groups in total. The Morgan fingerprint density at radius 3 is 2.35 bits per heavy atom. The van der Waals surface area contributed by atoms with Crippen LogP contribution in [0, 0.1) is 17.2 Å². The van der Waals surface area contributed by atoms with Gasteiger partial charge in [0, 0.05) is 39.5 Å². The van der Waals surface area contributed by atoms with Crippen LogP contribution in [0.2, 0.25) is 0 Å². The summed E-state index contributed by atoms with van der Waals surface area (Å²) in [6.45, 7) is 3.60. The fourth-order valence-corrected chi connectivity index (χ4v) is 5.90. The van der Waals surface area contributed by atoms with Crippen molar-refractivity contribution >= 4 is 33.6 Å². The van der Waals surface area contributed by atoms with Gasteiger partial charge in [-0.15, -0.1) is 0 Å². The summed E-state index contributed by atoms with van der Waals surface area (Å²) in [6.07, 6.45) is 0.873. The number of hydrogen-bond acceptors (Lipinski definition) is 8. The Kier molecular flexibility index (Phi) is 8.55. The van der Waals surface area contributed by atoms with Crippen molar-refractivity contribution in [3.63, 3.8) is 0 Å².